The number of aromatic nitrogens is 2. The molecule has 2 aromatic rings. The summed E-state index contributed by atoms with van der Waals surface area (Å²) in [5, 5.41) is 0. The number of carbonyl (C=O) groups is 1. The Balaban J connectivity index is 1.37. The predicted octanol–water partition coefficient (Wildman–Crippen LogP) is 2.27. The lowest BCUT2D eigenvalue weighted by molar-refractivity contribution is 0.0321. The summed E-state index contributed by atoms with van der Waals surface area (Å²) in [6.45, 7) is 10.2. The van der Waals surface area contributed by atoms with Crippen molar-refractivity contribution in [1.29, 1.82) is 0 Å². The summed E-state index contributed by atoms with van der Waals surface area (Å²) in [6.07, 6.45) is 1.66. The SMILES string of the molecule is Cc1nc(N)cc(C2(C)CCN(C(=O)c3ccccc3OCCN3CCOCC3)CC2)n1. The number of likely N-dealkylation sites (tertiary alicyclic amines) is 1. The molecule has 0 spiro atoms. The number of amides is 1. The molecule has 0 bridgehead atoms. The van der Waals surface area contributed by atoms with Gasteiger partial charge in [0.2, 0.25) is 0 Å². The van der Waals surface area contributed by atoms with Gasteiger partial charge >= 0.3 is 0 Å². The molecule has 1 aromatic carbocycles. The van der Waals surface area contributed by atoms with E-state index in [0.29, 0.717) is 42.7 Å². The number of anilines is 1. The maximum atomic E-state index is 13.3. The molecule has 2 fully saturated rings. The highest BCUT2D eigenvalue weighted by atomic mass is 16.5. The van der Waals surface area contributed by atoms with Gasteiger partial charge in [-0.2, -0.15) is 0 Å². The van der Waals surface area contributed by atoms with Gasteiger partial charge in [-0.1, -0.05) is 19.1 Å². The fraction of sp³-hybridized carbons (Fsp3) is 0.542. The summed E-state index contributed by atoms with van der Waals surface area (Å²) >= 11 is 0. The quantitative estimate of drug-likeness (QED) is 0.738. The summed E-state index contributed by atoms with van der Waals surface area (Å²) in [6, 6.07) is 9.41. The molecule has 4 rings (SSSR count). The molecule has 8 heteroatoms. The number of carbonyl (C=O) groups excluding carboxylic acids is 1. The third kappa shape index (κ3) is 5.19. The molecule has 3 heterocycles. The van der Waals surface area contributed by atoms with E-state index in [1.165, 1.54) is 0 Å². The molecule has 0 unspecified atom stereocenters. The van der Waals surface area contributed by atoms with Crippen molar-refractivity contribution in [2.45, 2.75) is 32.1 Å². The van der Waals surface area contributed by atoms with Gasteiger partial charge in [-0.3, -0.25) is 9.69 Å². The van der Waals surface area contributed by atoms with Crippen molar-refractivity contribution in [3.8, 4) is 5.75 Å². The summed E-state index contributed by atoms with van der Waals surface area (Å²) in [5.74, 6) is 1.85. The van der Waals surface area contributed by atoms with Gasteiger partial charge in [0.25, 0.3) is 5.91 Å². The summed E-state index contributed by atoms with van der Waals surface area (Å²) < 4.78 is 11.4. The lowest BCUT2D eigenvalue weighted by atomic mass is 9.77. The maximum absolute atomic E-state index is 13.3. The fourth-order valence-electron chi connectivity index (χ4n) is 4.41. The molecule has 172 valence electrons. The third-order valence-electron chi connectivity index (χ3n) is 6.52. The van der Waals surface area contributed by atoms with Crippen molar-refractivity contribution in [2.24, 2.45) is 0 Å². The molecule has 2 aliphatic rings. The second-order valence-corrected chi connectivity index (χ2v) is 8.88. The third-order valence-corrected chi connectivity index (χ3v) is 6.52. The standard InChI is InChI=1S/C24H33N5O3/c1-18-26-21(17-22(25)27-18)24(2)7-9-29(10-8-24)23(30)19-5-3-4-6-20(19)32-16-13-28-11-14-31-15-12-28/h3-6,17H,7-16H2,1-2H3,(H2,25,26,27). The molecule has 0 radical (unpaired) electrons. The number of aryl methyl sites for hydroxylation is 1. The van der Waals surface area contributed by atoms with Gasteiger partial charge in [0, 0.05) is 44.2 Å². The normalized spacial score (nSPS) is 19.0. The van der Waals surface area contributed by atoms with Crippen LogP contribution in [0.1, 0.15) is 41.6 Å². The Labute approximate surface area is 189 Å². The Morgan fingerprint density at radius 3 is 2.59 bits per heavy atom. The van der Waals surface area contributed by atoms with E-state index in [1.807, 2.05) is 42.2 Å². The van der Waals surface area contributed by atoms with Crippen LogP contribution in [0.25, 0.3) is 0 Å². The first-order chi connectivity index (χ1) is 15.4. The summed E-state index contributed by atoms with van der Waals surface area (Å²) in [4.78, 5) is 26.4. The number of rotatable bonds is 6. The number of nitrogen functional groups attached to an aromatic ring is 1. The fourth-order valence-corrected chi connectivity index (χ4v) is 4.41. The number of ether oxygens (including phenoxy) is 2. The van der Waals surface area contributed by atoms with Crippen LogP contribution in [0, 0.1) is 6.92 Å². The van der Waals surface area contributed by atoms with Crippen molar-refractivity contribution in [3.63, 3.8) is 0 Å². The minimum atomic E-state index is -0.118. The Morgan fingerprint density at radius 2 is 1.88 bits per heavy atom. The molecule has 1 aromatic heterocycles. The first-order valence-electron chi connectivity index (χ1n) is 11.4. The van der Waals surface area contributed by atoms with E-state index in [9.17, 15) is 4.79 Å². The summed E-state index contributed by atoms with van der Waals surface area (Å²) in [7, 11) is 0. The second kappa shape index (κ2) is 9.83. The van der Waals surface area contributed by atoms with E-state index in [-0.39, 0.29) is 11.3 Å². The Kier molecular flexibility index (Phi) is 6.91. The van der Waals surface area contributed by atoms with Gasteiger partial charge in [0.15, 0.2) is 0 Å². The van der Waals surface area contributed by atoms with Gasteiger partial charge in [0.05, 0.1) is 24.5 Å². The monoisotopic (exact) mass is 439 g/mol. The van der Waals surface area contributed by atoms with Crippen LogP contribution in [0.3, 0.4) is 0 Å². The maximum Gasteiger partial charge on any atom is 0.257 e. The number of morpholine rings is 1. The Morgan fingerprint density at radius 1 is 1.16 bits per heavy atom. The number of para-hydroxylation sites is 1. The van der Waals surface area contributed by atoms with Crippen LogP contribution in [0.5, 0.6) is 5.75 Å². The highest BCUT2D eigenvalue weighted by Gasteiger charge is 2.35. The molecule has 0 aliphatic carbocycles. The smallest absolute Gasteiger partial charge is 0.257 e. The van der Waals surface area contributed by atoms with Gasteiger partial charge in [-0.25, -0.2) is 9.97 Å². The van der Waals surface area contributed by atoms with Crippen molar-refractivity contribution >= 4 is 11.7 Å². The molecule has 0 atom stereocenters. The predicted molar refractivity (Wildman–Crippen MR) is 123 cm³/mol. The van der Waals surface area contributed by atoms with Crippen LogP contribution in [0.2, 0.25) is 0 Å². The number of nitrogens with two attached hydrogens (primary N) is 1. The highest BCUT2D eigenvalue weighted by molar-refractivity contribution is 5.97. The molecule has 2 N–H and O–H groups in total. The van der Waals surface area contributed by atoms with Gasteiger partial charge < -0.3 is 20.1 Å². The van der Waals surface area contributed by atoms with Crippen molar-refractivity contribution < 1.29 is 14.3 Å². The van der Waals surface area contributed by atoms with E-state index >= 15 is 0 Å². The molecule has 8 nitrogen and oxygen atoms in total. The zero-order valence-electron chi connectivity index (χ0n) is 19.0. The van der Waals surface area contributed by atoms with Gasteiger partial charge in [-0.15, -0.1) is 0 Å². The van der Waals surface area contributed by atoms with E-state index in [4.69, 9.17) is 15.2 Å². The Hall–Kier alpha value is -2.71. The van der Waals surface area contributed by atoms with Crippen molar-refractivity contribution in [3.05, 3.63) is 47.4 Å². The number of nitrogens with zero attached hydrogens (tertiary/aromatic N) is 4. The first kappa shape index (κ1) is 22.5. The lowest BCUT2D eigenvalue weighted by Gasteiger charge is -2.39. The summed E-state index contributed by atoms with van der Waals surface area (Å²) in [5.41, 5.74) is 7.41. The van der Waals surface area contributed by atoms with Crippen LogP contribution >= 0.6 is 0 Å². The van der Waals surface area contributed by atoms with Crippen LogP contribution in [-0.4, -0.2) is 78.2 Å². The zero-order chi connectivity index (χ0) is 22.6. The average Bonchev–Trinajstić information content (AvgIpc) is 2.80. The first-order valence-corrected chi connectivity index (χ1v) is 11.4. The number of hydrogen-bond donors (Lipinski definition) is 1. The van der Waals surface area contributed by atoms with Crippen LogP contribution in [-0.2, 0) is 10.2 Å². The number of piperidine rings is 1. The van der Waals surface area contributed by atoms with Gasteiger partial charge in [0.1, 0.15) is 24.0 Å². The molecule has 32 heavy (non-hydrogen) atoms. The number of hydrogen-bond acceptors (Lipinski definition) is 7. The van der Waals surface area contributed by atoms with E-state index in [2.05, 4.69) is 21.8 Å². The second-order valence-electron chi connectivity index (χ2n) is 8.88. The van der Waals surface area contributed by atoms with Crippen molar-refractivity contribution in [1.82, 2.24) is 19.8 Å². The number of benzene rings is 1. The minimum absolute atomic E-state index is 0.0207. The largest absolute Gasteiger partial charge is 0.491 e. The van der Waals surface area contributed by atoms with E-state index in [0.717, 1.165) is 51.4 Å². The topological polar surface area (TPSA) is 93.8 Å². The van der Waals surface area contributed by atoms with Crippen molar-refractivity contribution in [2.75, 3.05) is 58.3 Å². The average molecular weight is 440 g/mol. The molecule has 2 aliphatic heterocycles. The molecular formula is C24H33N5O3. The van der Waals surface area contributed by atoms with Crippen LogP contribution < -0.4 is 10.5 Å². The minimum Gasteiger partial charge on any atom is -0.491 e. The molecule has 0 saturated carbocycles. The molecule has 1 amide bonds. The van der Waals surface area contributed by atoms with E-state index < -0.39 is 0 Å². The van der Waals surface area contributed by atoms with E-state index in [1.54, 1.807) is 0 Å². The Bertz CT molecular complexity index is 917. The van der Waals surface area contributed by atoms with Crippen LogP contribution in [0.4, 0.5) is 5.82 Å². The van der Waals surface area contributed by atoms with Crippen LogP contribution in [0.15, 0.2) is 30.3 Å². The molecular weight excluding hydrogens is 406 g/mol. The lowest BCUT2D eigenvalue weighted by Crippen LogP contribution is -2.44. The highest BCUT2D eigenvalue weighted by Crippen LogP contribution is 2.35. The van der Waals surface area contributed by atoms with Gasteiger partial charge in [-0.05, 0) is 31.9 Å². The molecule has 2 saturated heterocycles. The zero-order valence-corrected chi connectivity index (χ0v) is 19.0.